The Kier molecular flexibility index (Phi) is 7.13. The van der Waals surface area contributed by atoms with Crippen molar-refractivity contribution in [3.05, 3.63) is 35.9 Å². The van der Waals surface area contributed by atoms with E-state index < -0.39 is 31.1 Å². The summed E-state index contributed by atoms with van der Waals surface area (Å²) in [5.74, 6) is 1.48. The Balaban J connectivity index is 1.39. The summed E-state index contributed by atoms with van der Waals surface area (Å²) in [6.45, 7) is 3.81. The van der Waals surface area contributed by atoms with Gasteiger partial charge in [-0.1, -0.05) is 37.7 Å². The van der Waals surface area contributed by atoms with Crippen LogP contribution in [0.5, 0.6) is 0 Å². The molecule has 0 spiro atoms. The number of hydrogen-bond donors (Lipinski definition) is 4. The van der Waals surface area contributed by atoms with Crippen molar-refractivity contribution in [3.63, 3.8) is 0 Å². The summed E-state index contributed by atoms with van der Waals surface area (Å²) >= 11 is 9.60. The summed E-state index contributed by atoms with van der Waals surface area (Å²) < 4.78 is 9.29. The van der Waals surface area contributed by atoms with Gasteiger partial charge >= 0.3 is 0 Å². The number of thioether (sulfide) groups is 1. The van der Waals surface area contributed by atoms with E-state index in [2.05, 4.69) is 40.2 Å². The minimum atomic E-state index is -1.26. The lowest BCUT2D eigenvalue weighted by molar-refractivity contribution is -0.0511. The average Bonchev–Trinajstić information content (AvgIpc) is 3.52. The Bertz CT molecular complexity index is 1300. The van der Waals surface area contributed by atoms with E-state index in [1.165, 1.54) is 10.9 Å². The van der Waals surface area contributed by atoms with Crippen LogP contribution in [0, 0.1) is 5.92 Å². The van der Waals surface area contributed by atoms with E-state index in [0.717, 1.165) is 20.3 Å². The fourth-order valence-electron chi connectivity index (χ4n) is 3.94. The summed E-state index contributed by atoms with van der Waals surface area (Å²) in [5, 5.41) is 33.5. The number of aromatic nitrogens is 5. The van der Waals surface area contributed by atoms with E-state index in [1.807, 2.05) is 18.2 Å². The van der Waals surface area contributed by atoms with Crippen LogP contribution in [-0.4, -0.2) is 76.5 Å². The van der Waals surface area contributed by atoms with Crippen LogP contribution < -0.4 is 5.32 Å². The number of nitrogens with zero attached hydrogens (tertiary/aromatic N) is 5. The molecule has 0 saturated carbocycles. The standard InChI is InChI=1S/C22H25ClN6O4S2/c1-10(2)12(8-34-22-26-11-5-3-4-6-14(11)35-22)25-18-15-19(28-21(23)27-18)29(9-24-15)20-17(32)16(31)13(7-30)33-20/h3-6,9-10,12-13,16-17,20,30-32H,7-8H2,1-2H3,(H,25,27,28)/t12-,13+,16+,17+,20+/m0/s1. The average molecular weight is 537 g/mol. The molecule has 1 fully saturated rings. The van der Waals surface area contributed by atoms with Gasteiger partial charge in [-0.25, -0.2) is 9.97 Å². The second-order valence-electron chi connectivity index (χ2n) is 8.65. The number of rotatable bonds is 8. The van der Waals surface area contributed by atoms with Crippen molar-refractivity contribution < 1.29 is 20.1 Å². The first-order valence-electron chi connectivity index (χ1n) is 11.1. The van der Waals surface area contributed by atoms with Gasteiger partial charge < -0.3 is 25.4 Å². The van der Waals surface area contributed by atoms with Gasteiger partial charge in [0.05, 0.1) is 23.2 Å². The number of nitrogens with one attached hydrogen (secondary N) is 1. The molecule has 5 atom stereocenters. The van der Waals surface area contributed by atoms with Gasteiger partial charge in [-0.3, -0.25) is 4.57 Å². The molecule has 1 saturated heterocycles. The highest BCUT2D eigenvalue weighted by molar-refractivity contribution is 8.01. The molecule has 1 aliphatic rings. The summed E-state index contributed by atoms with van der Waals surface area (Å²) in [6.07, 6.45) is -2.92. The monoisotopic (exact) mass is 536 g/mol. The zero-order valence-corrected chi connectivity index (χ0v) is 21.3. The molecule has 0 unspecified atom stereocenters. The molecule has 4 N–H and O–H groups in total. The fourth-order valence-corrected chi connectivity index (χ4v) is 6.46. The number of thiazole rings is 1. The molecule has 4 heterocycles. The first kappa shape index (κ1) is 24.6. The lowest BCUT2D eigenvalue weighted by atomic mass is 10.1. The Morgan fingerprint density at radius 1 is 1.20 bits per heavy atom. The molecule has 0 radical (unpaired) electrons. The summed E-state index contributed by atoms with van der Waals surface area (Å²) in [5.41, 5.74) is 1.81. The highest BCUT2D eigenvalue weighted by atomic mass is 35.5. The van der Waals surface area contributed by atoms with Crippen LogP contribution in [0.4, 0.5) is 5.82 Å². The highest BCUT2D eigenvalue weighted by Gasteiger charge is 2.44. The second kappa shape index (κ2) is 10.1. The Hall–Kier alpha value is -2.06. The number of aliphatic hydroxyl groups excluding tert-OH is 3. The van der Waals surface area contributed by atoms with Crippen LogP contribution >= 0.6 is 34.7 Å². The van der Waals surface area contributed by atoms with E-state index >= 15 is 0 Å². The van der Waals surface area contributed by atoms with E-state index in [0.29, 0.717) is 17.0 Å². The number of halogens is 1. The third kappa shape index (κ3) is 4.84. The molecule has 4 aromatic rings. The van der Waals surface area contributed by atoms with Crippen LogP contribution in [0.2, 0.25) is 5.28 Å². The maximum atomic E-state index is 10.4. The number of fused-ring (bicyclic) bond motifs is 2. The molecule has 10 nitrogen and oxygen atoms in total. The van der Waals surface area contributed by atoms with Crippen molar-refractivity contribution in [1.29, 1.82) is 0 Å². The molecular formula is C22H25ClN6O4S2. The number of anilines is 1. The zero-order valence-electron chi connectivity index (χ0n) is 18.9. The molecule has 0 bridgehead atoms. The van der Waals surface area contributed by atoms with E-state index in [-0.39, 0.29) is 17.2 Å². The molecule has 1 aliphatic heterocycles. The Morgan fingerprint density at radius 3 is 2.71 bits per heavy atom. The SMILES string of the molecule is CC(C)[C@H](CSc1nc2ccccc2s1)Nc1nc(Cl)nc2c1ncn2[C@@H]1O[C@H](CO)[C@@H](O)[C@H]1O. The van der Waals surface area contributed by atoms with Crippen LogP contribution in [-0.2, 0) is 4.74 Å². The van der Waals surface area contributed by atoms with Crippen molar-refractivity contribution >= 4 is 61.9 Å². The van der Waals surface area contributed by atoms with Gasteiger partial charge in [0.1, 0.15) is 18.3 Å². The number of aliphatic hydroxyl groups is 3. The third-order valence-corrected chi connectivity index (χ3v) is 8.44. The third-order valence-electron chi connectivity index (χ3n) is 5.97. The predicted octanol–water partition coefficient (Wildman–Crippen LogP) is 2.93. The summed E-state index contributed by atoms with van der Waals surface area (Å²) in [6, 6.07) is 8.10. The number of benzene rings is 1. The van der Waals surface area contributed by atoms with Crippen LogP contribution in [0.15, 0.2) is 34.9 Å². The number of imidazole rings is 1. The minimum absolute atomic E-state index is 0.00910. The summed E-state index contributed by atoms with van der Waals surface area (Å²) in [7, 11) is 0. The van der Waals surface area contributed by atoms with Crippen LogP contribution in [0.25, 0.3) is 21.4 Å². The first-order valence-corrected chi connectivity index (χ1v) is 13.3. The molecule has 3 aromatic heterocycles. The molecule has 35 heavy (non-hydrogen) atoms. The van der Waals surface area contributed by atoms with Crippen molar-refractivity contribution in [3.8, 4) is 0 Å². The molecular weight excluding hydrogens is 512 g/mol. The normalized spacial score (nSPS) is 23.5. The number of para-hydroxylation sites is 1. The van der Waals surface area contributed by atoms with Gasteiger partial charge in [-0.2, -0.15) is 9.97 Å². The zero-order chi connectivity index (χ0) is 24.7. The lowest BCUT2D eigenvalue weighted by Gasteiger charge is -2.22. The molecule has 186 valence electrons. The van der Waals surface area contributed by atoms with Crippen molar-refractivity contribution in [2.24, 2.45) is 5.92 Å². The van der Waals surface area contributed by atoms with Gasteiger partial charge in [-0.05, 0) is 29.7 Å². The Labute approximate surface area is 214 Å². The topological polar surface area (TPSA) is 138 Å². The molecule has 0 aliphatic carbocycles. The van der Waals surface area contributed by atoms with Gasteiger partial charge in [0, 0.05) is 11.8 Å². The first-order chi connectivity index (χ1) is 16.9. The van der Waals surface area contributed by atoms with Gasteiger partial charge in [-0.15, -0.1) is 11.3 Å². The van der Waals surface area contributed by atoms with E-state index in [4.69, 9.17) is 21.3 Å². The maximum absolute atomic E-state index is 10.4. The van der Waals surface area contributed by atoms with Crippen LogP contribution in [0.1, 0.15) is 20.1 Å². The lowest BCUT2D eigenvalue weighted by Crippen LogP contribution is -2.33. The van der Waals surface area contributed by atoms with Gasteiger partial charge in [0.25, 0.3) is 0 Å². The fraction of sp³-hybridized carbons (Fsp3) is 0.455. The van der Waals surface area contributed by atoms with Crippen molar-refractivity contribution in [1.82, 2.24) is 24.5 Å². The molecule has 5 rings (SSSR count). The smallest absolute Gasteiger partial charge is 0.226 e. The van der Waals surface area contributed by atoms with Crippen molar-refractivity contribution in [2.75, 3.05) is 17.7 Å². The van der Waals surface area contributed by atoms with Gasteiger partial charge in [0.15, 0.2) is 27.5 Å². The maximum Gasteiger partial charge on any atom is 0.226 e. The van der Waals surface area contributed by atoms with Crippen LogP contribution in [0.3, 0.4) is 0 Å². The number of hydrogen-bond acceptors (Lipinski definition) is 11. The molecule has 1 aromatic carbocycles. The second-order valence-corrected chi connectivity index (χ2v) is 11.3. The van der Waals surface area contributed by atoms with Gasteiger partial charge in [0.2, 0.25) is 5.28 Å². The molecule has 13 heteroatoms. The Morgan fingerprint density at radius 2 is 2.00 bits per heavy atom. The molecule has 0 amide bonds. The highest BCUT2D eigenvalue weighted by Crippen LogP contribution is 2.34. The summed E-state index contributed by atoms with van der Waals surface area (Å²) in [4.78, 5) is 17.8. The number of ether oxygens (including phenoxy) is 1. The minimum Gasteiger partial charge on any atom is -0.394 e. The van der Waals surface area contributed by atoms with E-state index in [9.17, 15) is 15.3 Å². The quantitative estimate of drug-likeness (QED) is 0.196. The predicted molar refractivity (Wildman–Crippen MR) is 136 cm³/mol. The van der Waals surface area contributed by atoms with Crippen molar-refractivity contribution in [2.45, 2.75) is 48.8 Å². The van der Waals surface area contributed by atoms with E-state index in [1.54, 1.807) is 23.1 Å². The largest absolute Gasteiger partial charge is 0.394 e.